The van der Waals surface area contributed by atoms with Crippen LogP contribution in [0.5, 0.6) is 0 Å². The van der Waals surface area contributed by atoms with Gasteiger partial charge in [-0.1, -0.05) is 15.9 Å². The van der Waals surface area contributed by atoms with Crippen LogP contribution in [0.2, 0.25) is 0 Å². The Morgan fingerprint density at radius 1 is 1.19 bits per heavy atom. The molecule has 0 atom stereocenters. The van der Waals surface area contributed by atoms with Gasteiger partial charge in [0.05, 0.1) is 5.56 Å². The van der Waals surface area contributed by atoms with Crippen molar-refractivity contribution >= 4 is 33.5 Å². The van der Waals surface area contributed by atoms with Gasteiger partial charge in [0, 0.05) is 10.7 Å². The van der Waals surface area contributed by atoms with Gasteiger partial charge < -0.3 is 10.4 Å². The number of nitrogens with zero attached hydrogens (tertiary/aromatic N) is 1. The standard InChI is InChI=1S/C13H7BrF2N2O3/c14-7-3-8(15)11(9(16)4-7)18-12(19)10-2-1-6(5-17-10)13(20)21/h1-5H,(H,18,19)(H,20,21). The van der Waals surface area contributed by atoms with Crippen LogP contribution in [0.3, 0.4) is 0 Å². The van der Waals surface area contributed by atoms with Gasteiger partial charge in [-0.25, -0.2) is 13.6 Å². The molecule has 2 N–H and O–H groups in total. The summed E-state index contributed by atoms with van der Waals surface area (Å²) in [5.74, 6) is -3.94. The minimum atomic E-state index is -1.19. The van der Waals surface area contributed by atoms with Crippen molar-refractivity contribution in [2.45, 2.75) is 0 Å². The highest BCUT2D eigenvalue weighted by atomic mass is 79.9. The van der Waals surface area contributed by atoms with E-state index >= 15 is 0 Å². The average molecular weight is 357 g/mol. The second-order valence-electron chi connectivity index (χ2n) is 3.94. The first-order valence-corrected chi connectivity index (χ1v) is 6.33. The predicted molar refractivity (Wildman–Crippen MR) is 73.2 cm³/mol. The number of carboxylic acids is 1. The van der Waals surface area contributed by atoms with Crippen molar-refractivity contribution in [1.29, 1.82) is 0 Å². The van der Waals surface area contributed by atoms with Gasteiger partial charge in [-0.05, 0) is 24.3 Å². The van der Waals surface area contributed by atoms with Crippen LogP contribution in [0.25, 0.3) is 0 Å². The van der Waals surface area contributed by atoms with Crippen molar-refractivity contribution in [3.63, 3.8) is 0 Å². The molecule has 2 rings (SSSR count). The second kappa shape index (κ2) is 5.96. The van der Waals surface area contributed by atoms with E-state index in [0.717, 1.165) is 24.4 Å². The number of carbonyl (C=O) groups is 2. The van der Waals surface area contributed by atoms with Crippen LogP contribution >= 0.6 is 15.9 Å². The second-order valence-corrected chi connectivity index (χ2v) is 4.85. The van der Waals surface area contributed by atoms with E-state index in [1.807, 2.05) is 0 Å². The zero-order valence-corrected chi connectivity index (χ0v) is 11.8. The van der Waals surface area contributed by atoms with Gasteiger partial charge in [0.15, 0.2) is 11.6 Å². The molecule has 21 heavy (non-hydrogen) atoms. The highest BCUT2D eigenvalue weighted by Crippen LogP contribution is 2.24. The number of carboxylic acid groups (broad SMARTS) is 1. The molecule has 0 unspecified atom stereocenters. The van der Waals surface area contributed by atoms with Gasteiger partial charge in [-0.2, -0.15) is 0 Å². The zero-order valence-electron chi connectivity index (χ0n) is 10.2. The zero-order chi connectivity index (χ0) is 15.6. The monoisotopic (exact) mass is 356 g/mol. The maximum atomic E-state index is 13.6. The quantitative estimate of drug-likeness (QED) is 0.885. The third-order valence-corrected chi connectivity index (χ3v) is 2.95. The Balaban J connectivity index is 2.24. The van der Waals surface area contributed by atoms with Crippen LogP contribution in [0.1, 0.15) is 20.8 Å². The summed E-state index contributed by atoms with van der Waals surface area (Å²) in [6.07, 6.45) is 0.978. The number of amides is 1. The van der Waals surface area contributed by atoms with E-state index in [2.05, 4.69) is 26.2 Å². The fraction of sp³-hybridized carbons (Fsp3) is 0. The molecule has 0 spiro atoms. The topological polar surface area (TPSA) is 79.3 Å². The Labute approximate surface area is 125 Å². The van der Waals surface area contributed by atoms with E-state index in [1.54, 1.807) is 0 Å². The predicted octanol–water partition coefficient (Wildman–Crippen LogP) is 3.07. The summed E-state index contributed by atoms with van der Waals surface area (Å²) in [7, 11) is 0. The maximum Gasteiger partial charge on any atom is 0.337 e. The van der Waals surface area contributed by atoms with Crippen LogP contribution in [-0.4, -0.2) is 22.0 Å². The molecule has 0 fully saturated rings. The highest BCUT2D eigenvalue weighted by molar-refractivity contribution is 9.10. The summed E-state index contributed by atoms with van der Waals surface area (Å²) in [4.78, 5) is 26.1. The maximum absolute atomic E-state index is 13.6. The normalized spacial score (nSPS) is 10.2. The van der Waals surface area contributed by atoms with E-state index in [-0.39, 0.29) is 15.7 Å². The number of aromatic carboxylic acids is 1. The average Bonchev–Trinajstić information content (AvgIpc) is 2.42. The van der Waals surface area contributed by atoms with Crippen molar-refractivity contribution in [3.8, 4) is 0 Å². The third-order valence-electron chi connectivity index (χ3n) is 2.49. The van der Waals surface area contributed by atoms with Crippen LogP contribution in [0.4, 0.5) is 14.5 Å². The molecular formula is C13H7BrF2N2O3. The molecule has 5 nitrogen and oxygen atoms in total. The Morgan fingerprint density at radius 3 is 2.29 bits per heavy atom. The number of rotatable bonds is 3. The van der Waals surface area contributed by atoms with Gasteiger partial charge >= 0.3 is 5.97 Å². The fourth-order valence-electron chi connectivity index (χ4n) is 1.49. The van der Waals surface area contributed by atoms with Crippen LogP contribution in [-0.2, 0) is 0 Å². The number of pyridine rings is 1. The van der Waals surface area contributed by atoms with Crippen LogP contribution in [0.15, 0.2) is 34.9 Å². The molecule has 0 radical (unpaired) electrons. The van der Waals surface area contributed by atoms with Gasteiger partial charge in [0.2, 0.25) is 0 Å². The van der Waals surface area contributed by atoms with Crippen molar-refractivity contribution in [2.75, 3.05) is 5.32 Å². The Bertz CT molecular complexity index is 697. The van der Waals surface area contributed by atoms with E-state index in [4.69, 9.17) is 5.11 Å². The number of hydrogen-bond donors (Lipinski definition) is 2. The molecule has 0 aliphatic rings. The van der Waals surface area contributed by atoms with Crippen LogP contribution in [0, 0.1) is 11.6 Å². The lowest BCUT2D eigenvalue weighted by atomic mass is 10.2. The van der Waals surface area contributed by atoms with Crippen molar-refractivity contribution in [3.05, 3.63) is 57.8 Å². The van der Waals surface area contributed by atoms with E-state index in [1.165, 1.54) is 6.07 Å². The van der Waals surface area contributed by atoms with Gasteiger partial charge in [0.1, 0.15) is 11.4 Å². The van der Waals surface area contributed by atoms with Gasteiger partial charge in [-0.15, -0.1) is 0 Å². The number of benzene rings is 1. The Kier molecular flexibility index (Phi) is 4.27. The third kappa shape index (κ3) is 3.40. The molecule has 1 amide bonds. The van der Waals surface area contributed by atoms with Crippen molar-refractivity contribution in [1.82, 2.24) is 4.98 Å². The van der Waals surface area contributed by atoms with E-state index < -0.39 is 29.2 Å². The SMILES string of the molecule is O=C(O)c1ccc(C(=O)Nc2c(F)cc(Br)cc2F)nc1. The summed E-state index contributed by atoms with van der Waals surface area (Å²) >= 11 is 2.92. The number of carbonyl (C=O) groups excluding carboxylic acids is 1. The smallest absolute Gasteiger partial charge is 0.337 e. The number of anilines is 1. The van der Waals surface area contributed by atoms with Gasteiger partial charge in [0.25, 0.3) is 5.91 Å². The van der Waals surface area contributed by atoms with E-state index in [9.17, 15) is 18.4 Å². The first-order valence-electron chi connectivity index (χ1n) is 5.53. The number of hydrogen-bond acceptors (Lipinski definition) is 3. The van der Waals surface area contributed by atoms with E-state index in [0.29, 0.717) is 0 Å². The molecule has 8 heteroatoms. The lowest BCUT2D eigenvalue weighted by Gasteiger charge is -2.08. The Hall–Kier alpha value is -2.35. The largest absolute Gasteiger partial charge is 0.478 e. The summed E-state index contributed by atoms with van der Waals surface area (Å²) < 4.78 is 27.3. The molecule has 0 aliphatic heterocycles. The number of nitrogens with one attached hydrogen (secondary N) is 1. The molecule has 0 saturated carbocycles. The summed E-state index contributed by atoms with van der Waals surface area (Å²) in [6.45, 7) is 0. The fourth-order valence-corrected chi connectivity index (χ4v) is 1.90. The van der Waals surface area contributed by atoms with Crippen molar-refractivity contribution in [2.24, 2.45) is 0 Å². The number of halogens is 3. The minimum absolute atomic E-state index is 0.104. The lowest BCUT2D eigenvalue weighted by molar-refractivity contribution is 0.0696. The molecule has 2 aromatic rings. The molecule has 0 aliphatic carbocycles. The molecule has 1 aromatic heterocycles. The van der Waals surface area contributed by atoms with Crippen LogP contribution < -0.4 is 5.32 Å². The van der Waals surface area contributed by atoms with Gasteiger partial charge in [-0.3, -0.25) is 9.78 Å². The molecule has 1 aromatic carbocycles. The molecule has 0 bridgehead atoms. The first kappa shape index (κ1) is 15.0. The molecular weight excluding hydrogens is 350 g/mol. The molecule has 1 heterocycles. The first-order chi connectivity index (χ1) is 9.88. The molecule has 0 saturated heterocycles. The summed E-state index contributed by atoms with van der Waals surface area (Å²) in [5.41, 5.74) is -0.874. The summed E-state index contributed by atoms with van der Waals surface area (Å²) in [6, 6.07) is 4.31. The number of aromatic nitrogens is 1. The Morgan fingerprint density at radius 2 is 1.81 bits per heavy atom. The lowest BCUT2D eigenvalue weighted by Crippen LogP contribution is -2.16. The highest BCUT2D eigenvalue weighted by Gasteiger charge is 2.16. The van der Waals surface area contributed by atoms with Crippen molar-refractivity contribution < 1.29 is 23.5 Å². The molecule has 108 valence electrons. The summed E-state index contributed by atoms with van der Waals surface area (Å²) in [5, 5.41) is 10.8. The minimum Gasteiger partial charge on any atom is -0.478 e.